The summed E-state index contributed by atoms with van der Waals surface area (Å²) < 4.78 is 14.7. The quantitative estimate of drug-likeness (QED) is 0.830. The van der Waals surface area contributed by atoms with Gasteiger partial charge in [-0.3, -0.25) is 9.48 Å². The lowest BCUT2D eigenvalue weighted by Crippen LogP contribution is -2.16. The molecule has 0 unspecified atom stereocenters. The number of anilines is 2. The van der Waals surface area contributed by atoms with E-state index in [1.807, 2.05) is 6.92 Å². The van der Waals surface area contributed by atoms with E-state index in [0.29, 0.717) is 11.4 Å². The topological polar surface area (TPSA) is 72.9 Å². The smallest absolute Gasteiger partial charge is 0.273 e. The number of carbonyl (C=O) groups is 1. The highest BCUT2D eigenvalue weighted by molar-refractivity contribution is 6.03. The van der Waals surface area contributed by atoms with Gasteiger partial charge in [0.1, 0.15) is 11.5 Å². The van der Waals surface area contributed by atoms with Gasteiger partial charge in [0.15, 0.2) is 0 Å². The number of halogens is 1. The van der Waals surface area contributed by atoms with Crippen LogP contribution >= 0.6 is 0 Å². The lowest BCUT2D eigenvalue weighted by molar-refractivity contribution is 0.101. The molecule has 100 valence electrons. The molecule has 5 nitrogen and oxygen atoms in total. The Balaban J connectivity index is 2.22. The summed E-state index contributed by atoms with van der Waals surface area (Å²) in [6, 6.07) is 5.61. The Labute approximate surface area is 110 Å². The standard InChI is InChI=1S/C13H15FN4O/c1-3-10-7-12(18(2)17-10)13(19)16-11-5-8(14)4-9(15)6-11/h4-7H,3,15H2,1-2H3,(H,16,19). The van der Waals surface area contributed by atoms with Crippen molar-refractivity contribution in [3.63, 3.8) is 0 Å². The van der Waals surface area contributed by atoms with Crippen molar-refractivity contribution >= 4 is 17.3 Å². The second-order valence-electron chi connectivity index (χ2n) is 4.23. The number of amides is 1. The Kier molecular flexibility index (Phi) is 3.50. The SMILES string of the molecule is CCc1cc(C(=O)Nc2cc(N)cc(F)c2)n(C)n1. The van der Waals surface area contributed by atoms with Gasteiger partial charge < -0.3 is 11.1 Å². The molecule has 0 aliphatic rings. The van der Waals surface area contributed by atoms with Gasteiger partial charge in [-0.25, -0.2) is 4.39 Å². The molecule has 0 atom stereocenters. The fourth-order valence-electron chi connectivity index (χ4n) is 1.79. The van der Waals surface area contributed by atoms with Crippen LogP contribution in [0.3, 0.4) is 0 Å². The Morgan fingerprint density at radius 3 is 2.74 bits per heavy atom. The van der Waals surface area contributed by atoms with Gasteiger partial charge in [0.2, 0.25) is 0 Å². The van der Waals surface area contributed by atoms with Crippen LogP contribution in [0.4, 0.5) is 15.8 Å². The Hall–Kier alpha value is -2.37. The number of benzene rings is 1. The highest BCUT2D eigenvalue weighted by Crippen LogP contribution is 2.16. The van der Waals surface area contributed by atoms with Crippen LogP contribution in [0, 0.1) is 5.82 Å². The minimum absolute atomic E-state index is 0.259. The summed E-state index contributed by atoms with van der Waals surface area (Å²) in [5.74, 6) is -0.839. The van der Waals surface area contributed by atoms with E-state index in [1.54, 1.807) is 13.1 Å². The first-order chi connectivity index (χ1) is 8.99. The number of aryl methyl sites for hydroxylation is 2. The molecular weight excluding hydrogens is 247 g/mol. The van der Waals surface area contributed by atoms with Crippen LogP contribution in [0.15, 0.2) is 24.3 Å². The molecule has 19 heavy (non-hydrogen) atoms. The number of hydrogen-bond donors (Lipinski definition) is 2. The average molecular weight is 262 g/mol. The molecule has 0 bridgehead atoms. The van der Waals surface area contributed by atoms with E-state index in [0.717, 1.165) is 12.1 Å². The maximum absolute atomic E-state index is 13.2. The molecule has 3 N–H and O–H groups in total. The number of nitrogens with two attached hydrogens (primary N) is 1. The van der Waals surface area contributed by atoms with Crippen molar-refractivity contribution in [2.75, 3.05) is 11.1 Å². The van der Waals surface area contributed by atoms with E-state index in [2.05, 4.69) is 10.4 Å². The van der Waals surface area contributed by atoms with E-state index < -0.39 is 5.82 Å². The molecule has 0 fully saturated rings. The molecule has 6 heteroatoms. The second-order valence-corrected chi connectivity index (χ2v) is 4.23. The van der Waals surface area contributed by atoms with Crippen LogP contribution < -0.4 is 11.1 Å². The number of nitrogens with one attached hydrogen (secondary N) is 1. The maximum Gasteiger partial charge on any atom is 0.273 e. The molecule has 0 saturated carbocycles. The summed E-state index contributed by atoms with van der Waals surface area (Å²) in [4.78, 5) is 12.1. The third kappa shape index (κ3) is 2.90. The van der Waals surface area contributed by atoms with Crippen LogP contribution in [0.25, 0.3) is 0 Å². The zero-order valence-corrected chi connectivity index (χ0v) is 10.8. The number of nitrogen functional groups attached to an aromatic ring is 1. The number of rotatable bonds is 3. The van der Waals surface area contributed by atoms with Crippen LogP contribution in [-0.4, -0.2) is 15.7 Å². The van der Waals surface area contributed by atoms with Crippen molar-refractivity contribution in [2.45, 2.75) is 13.3 Å². The van der Waals surface area contributed by atoms with E-state index in [9.17, 15) is 9.18 Å². The van der Waals surface area contributed by atoms with Crippen LogP contribution in [0.5, 0.6) is 0 Å². The van der Waals surface area contributed by atoms with E-state index in [-0.39, 0.29) is 11.6 Å². The third-order valence-corrected chi connectivity index (χ3v) is 2.70. The maximum atomic E-state index is 13.2. The van der Waals surface area contributed by atoms with Crippen LogP contribution in [0.2, 0.25) is 0 Å². The molecule has 1 aromatic heterocycles. The molecule has 1 amide bonds. The second kappa shape index (κ2) is 5.09. The van der Waals surface area contributed by atoms with Crippen molar-refractivity contribution in [3.8, 4) is 0 Å². The molecule has 2 rings (SSSR count). The Morgan fingerprint density at radius 2 is 2.16 bits per heavy atom. The molecular formula is C13H15FN4O. The summed E-state index contributed by atoms with van der Waals surface area (Å²) >= 11 is 0. The third-order valence-electron chi connectivity index (χ3n) is 2.70. The van der Waals surface area contributed by atoms with E-state index in [4.69, 9.17) is 5.73 Å². The first-order valence-corrected chi connectivity index (χ1v) is 5.90. The molecule has 1 aromatic carbocycles. The lowest BCUT2D eigenvalue weighted by Gasteiger charge is -2.06. The van der Waals surface area contributed by atoms with Crippen molar-refractivity contribution in [3.05, 3.63) is 41.5 Å². The van der Waals surface area contributed by atoms with Crippen molar-refractivity contribution in [2.24, 2.45) is 7.05 Å². The van der Waals surface area contributed by atoms with E-state index in [1.165, 1.54) is 22.9 Å². The van der Waals surface area contributed by atoms with Gasteiger partial charge in [0, 0.05) is 18.4 Å². The molecule has 0 saturated heterocycles. The average Bonchev–Trinajstić information content (AvgIpc) is 2.69. The summed E-state index contributed by atoms with van der Waals surface area (Å²) in [7, 11) is 1.69. The van der Waals surface area contributed by atoms with Gasteiger partial charge in [0.05, 0.1) is 5.69 Å². The largest absolute Gasteiger partial charge is 0.399 e. The highest BCUT2D eigenvalue weighted by atomic mass is 19.1. The lowest BCUT2D eigenvalue weighted by atomic mass is 10.2. The zero-order chi connectivity index (χ0) is 14.0. The summed E-state index contributed by atoms with van der Waals surface area (Å²) in [6.45, 7) is 1.96. The normalized spacial score (nSPS) is 10.5. The van der Waals surface area contributed by atoms with Gasteiger partial charge in [-0.2, -0.15) is 5.10 Å². The van der Waals surface area contributed by atoms with E-state index >= 15 is 0 Å². The van der Waals surface area contributed by atoms with Gasteiger partial charge >= 0.3 is 0 Å². The highest BCUT2D eigenvalue weighted by Gasteiger charge is 2.13. The fourth-order valence-corrected chi connectivity index (χ4v) is 1.79. The zero-order valence-electron chi connectivity index (χ0n) is 10.8. The number of hydrogen-bond acceptors (Lipinski definition) is 3. The van der Waals surface area contributed by atoms with Gasteiger partial charge in [-0.15, -0.1) is 0 Å². The Bertz CT molecular complexity index is 601. The van der Waals surface area contributed by atoms with Crippen LogP contribution in [0.1, 0.15) is 23.1 Å². The molecule has 0 aliphatic heterocycles. The number of aromatic nitrogens is 2. The predicted octanol–water partition coefficient (Wildman–Crippen LogP) is 1.96. The molecule has 0 radical (unpaired) electrons. The van der Waals surface area contributed by atoms with Crippen LogP contribution in [-0.2, 0) is 13.5 Å². The molecule has 0 spiro atoms. The minimum Gasteiger partial charge on any atom is -0.399 e. The van der Waals surface area contributed by atoms with Crippen molar-refractivity contribution < 1.29 is 9.18 Å². The predicted molar refractivity (Wildman–Crippen MR) is 71.4 cm³/mol. The fraction of sp³-hybridized carbons (Fsp3) is 0.231. The monoisotopic (exact) mass is 262 g/mol. The molecule has 1 heterocycles. The number of carbonyl (C=O) groups excluding carboxylic acids is 1. The summed E-state index contributed by atoms with van der Waals surface area (Å²) in [5.41, 5.74) is 7.34. The first kappa shape index (κ1) is 13.1. The molecule has 2 aromatic rings. The van der Waals surface area contributed by atoms with Crippen molar-refractivity contribution in [1.29, 1.82) is 0 Å². The van der Waals surface area contributed by atoms with Gasteiger partial charge in [0.25, 0.3) is 5.91 Å². The summed E-state index contributed by atoms with van der Waals surface area (Å²) in [5, 5.41) is 6.78. The first-order valence-electron chi connectivity index (χ1n) is 5.90. The minimum atomic E-state index is -0.491. The summed E-state index contributed by atoms with van der Waals surface area (Å²) in [6.07, 6.45) is 0.744. The van der Waals surface area contributed by atoms with Gasteiger partial charge in [-0.05, 0) is 30.7 Å². The molecule has 0 aliphatic carbocycles. The van der Waals surface area contributed by atoms with Crippen molar-refractivity contribution in [1.82, 2.24) is 9.78 Å². The Morgan fingerprint density at radius 1 is 1.42 bits per heavy atom. The van der Waals surface area contributed by atoms with Gasteiger partial charge in [-0.1, -0.05) is 6.92 Å². The number of nitrogens with zero attached hydrogens (tertiary/aromatic N) is 2.